The molecule has 0 saturated heterocycles. The minimum Gasteiger partial charge on any atom is -0.496 e. The van der Waals surface area contributed by atoms with E-state index in [0.29, 0.717) is 23.1 Å². The Kier molecular flexibility index (Phi) is 4.43. The number of hydrogen-bond acceptors (Lipinski definition) is 2. The molecular weight excluding hydrogens is 212 g/mol. The molecule has 15 heavy (non-hydrogen) atoms. The standard InChI is InChI=1S/C12H17ClO2/c1-8(2)6-11(14)10-7-9(13)4-5-12(10)15-3/h4-5,7-8,11,14H,6H2,1-3H3. The van der Waals surface area contributed by atoms with E-state index >= 15 is 0 Å². The lowest BCUT2D eigenvalue weighted by atomic mass is 9.99. The van der Waals surface area contributed by atoms with Crippen molar-refractivity contribution < 1.29 is 9.84 Å². The molecule has 0 radical (unpaired) electrons. The van der Waals surface area contributed by atoms with Crippen LogP contribution in [0.15, 0.2) is 18.2 Å². The smallest absolute Gasteiger partial charge is 0.124 e. The van der Waals surface area contributed by atoms with Crippen LogP contribution in [-0.4, -0.2) is 12.2 Å². The van der Waals surface area contributed by atoms with Gasteiger partial charge in [0.25, 0.3) is 0 Å². The van der Waals surface area contributed by atoms with Crippen molar-refractivity contribution in [3.8, 4) is 5.75 Å². The maximum atomic E-state index is 9.99. The van der Waals surface area contributed by atoms with Crippen molar-refractivity contribution in [1.82, 2.24) is 0 Å². The summed E-state index contributed by atoms with van der Waals surface area (Å²) in [6.07, 6.45) is 0.190. The number of benzene rings is 1. The van der Waals surface area contributed by atoms with Gasteiger partial charge in [0.05, 0.1) is 13.2 Å². The molecule has 0 spiro atoms. The Bertz CT molecular complexity index is 323. The fraction of sp³-hybridized carbons (Fsp3) is 0.500. The highest BCUT2D eigenvalue weighted by Gasteiger charge is 2.14. The molecule has 0 aliphatic rings. The molecule has 0 aliphatic heterocycles. The molecule has 1 unspecified atom stereocenters. The summed E-state index contributed by atoms with van der Waals surface area (Å²) < 4.78 is 5.18. The van der Waals surface area contributed by atoms with E-state index in [9.17, 15) is 5.11 Å². The lowest BCUT2D eigenvalue weighted by Crippen LogP contribution is -2.04. The van der Waals surface area contributed by atoms with Gasteiger partial charge in [-0.25, -0.2) is 0 Å². The van der Waals surface area contributed by atoms with Crippen molar-refractivity contribution in [3.63, 3.8) is 0 Å². The van der Waals surface area contributed by atoms with Gasteiger partial charge in [-0.15, -0.1) is 0 Å². The molecule has 2 nitrogen and oxygen atoms in total. The molecule has 1 N–H and O–H groups in total. The minimum atomic E-state index is -0.515. The number of aliphatic hydroxyl groups is 1. The summed E-state index contributed by atoms with van der Waals surface area (Å²) in [5.41, 5.74) is 0.763. The van der Waals surface area contributed by atoms with E-state index in [1.54, 1.807) is 25.3 Å². The predicted molar refractivity (Wildman–Crippen MR) is 62.4 cm³/mol. The lowest BCUT2D eigenvalue weighted by molar-refractivity contribution is 0.147. The van der Waals surface area contributed by atoms with Crippen molar-refractivity contribution in [2.75, 3.05) is 7.11 Å². The van der Waals surface area contributed by atoms with Crippen LogP contribution in [0, 0.1) is 5.92 Å². The summed E-state index contributed by atoms with van der Waals surface area (Å²) in [6.45, 7) is 4.14. The highest BCUT2D eigenvalue weighted by atomic mass is 35.5. The monoisotopic (exact) mass is 228 g/mol. The molecular formula is C12H17ClO2. The SMILES string of the molecule is COc1ccc(Cl)cc1C(O)CC(C)C. The van der Waals surface area contributed by atoms with Crippen LogP contribution in [0.2, 0.25) is 5.02 Å². The van der Waals surface area contributed by atoms with E-state index < -0.39 is 6.10 Å². The molecule has 1 aromatic rings. The molecule has 84 valence electrons. The molecule has 1 aromatic carbocycles. The Hall–Kier alpha value is -0.730. The highest BCUT2D eigenvalue weighted by Crippen LogP contribution is 2.31. The Morgan fingerprint density at radius 2 is 2.07 bits per heavy atom. The topological polar surface area (TPSA) is 29.5 Å². The molecule has 0 aliphatic carbocycles. The van der Waals surface area contributed by atoms with Gasteiger partial charge in [-0.2, -0.15) is 0 Å². The maximum absolute atomic E-state index is 9.99. The number of hydrogen-bond donors (Lipinski definition) is 1. The lowest BCUT2D eigenvalue weighted by Gasteiger charge is -2.16. The summed E-state index contributed by atoms with van der Waals surface area (Å²) in [4.78, 5) is 0. The van der Waals surface area contributed by atoms with Crippen molar-refractivity contribution in [2.24, 2.45) is 5.92 Å². The molecule has 1 atom stereocenters. The Morgan fingerprint density at radius 3 is 2.60 bits per heavy atom. The molecule has 0 heterocycles. The van der Waals surface area contributed by atoms with Crippen LogP contribution in [0.25, 0.3) is 0 Å². The average Bonchev–Trinajstić information content (AvgIpc) is 2.16. The first-order valence-electron chi connectivity index (χ1n) is 5.06. The van der Waals surface area contributed by atoms with E-state index in [-0.39, 0.29) is 0 Å². The molecule has 0 amide bonds. The van der Waals surface area contributed by atoms with Crippen LogP contribution >= 0.6 is 11.6 Å². The van der Waals surface area contributed by atoms with Crippen molar-refractivity contribution >= 4 is 11.6 Å². The third-order valence-corrected chi connectivity index (χ3v) is 2.48. The Balaban J connectivity index is 2.94. The zero-order valence-corrected chi connectivity index (χ0v) is 10.1. The van der Waals surface area contributed by atoms with Gasteiger partial charge in [0.2, 0.25) is 0 Å². The van der Waals surface area contributed by atoms with E-state index in [1.807, 2.05) is 0 Å². The zero-order chi connectivity index (χ0) is 11.4. The maximum Gasteiger partial charge on any atom is 0.124 e. The molecule has 1 rings (SSSR count). The fourth-order valence-corrected chi connectivity index (χ4v) is 1.72. The van der Waals surface area contributed by atoms with Gasteiger partial charge >= 0.3 is 0 Å². The average molecular weight is 229 g/mol. The normalized spacial score (nSPS) is 12.9. The summed E-state index contributed by atoms with van der Waals surface area (Å²) in [5, 5.41) is 10.6. The van der Waals surface area contributed by atoms with Crippen molar-refractivity contribution in [1.29, 1.82) is 0 Å². The van der Waals surface area contributed by atoms with Crippen LogP contribution in [-0.2, 0) is 0 Å². The van der Waals surface area contributed by atoms with Gasteiger partial charge in [-0.05, 0) is 30.5 Å². The largest absolute Gasteiger partial charge is 0.496 e. The molecule has 0 saturated carbocycles. The summed E-state index contributed by atoms with van der Waals surface area (Å²) in [6, 6.07) is 5.29. The first kappa shape index (κ1) is 12.3. The molecule has 0 fully saturated rings. The predicted octanol–water partition coefficient (Wildman–Crippen LogP) is 3.43. The second-order valence-electron chi connectivity index (χ2n) is 4.03. The number of rotatable bonds is 4. The van der Waals surface area contributed by atoms with Gasteiger partial charge in [-0.3, -0.25) is 0 Å². The van der Waals surface area contributed by atoms with Crippen LogP contribution in [0.1, 0.15) is 31.9 Å². The zero-order valence-electron chi connectivity index (χ0n) is 9.33. The van der Waals surface area contributed by atoms with E-state index in [0.717, 1.165) is 5.56 Å². The van der Waals surface area contributed by atoms with E-state index in [1.165, 1.54) is 0 Å². The first-order chi connectivity index (χ1) is 7.04. The number of methoxy groups -OCH3 is 1. The third-order valence-electron chi connectivity index (χ3n) is 2.25. The molecule has 3 heteroatoms. The number of aliphatic hydroxyl groups excluding tert-OH is 1. The number of halogens is 1. The Morgan fingerprint density at radius 1 is 1.40 bits per heavy atom. The third kappa shape index (κ3) is 3.40. The first-order valence-corrected chi connectivity index (χ1v) is 5.44. The van der Waals surface area contributed by atoms with Gasteiger partial charge in [0.15, 0.2) is 0 Å². The van der Waals surface area contributed by atoms with Crippen LogP contribution in [0.5, 0.6) is 5.75 Å². The van der Waals surface area contributed by atoms with Gasteiger partial charge < -0.3 is 9.84 Å². The van der Waals surface area contributed by atoms with Gasteiger partial charge in [-0.1, -0.05) is 25.4 Å². The summed E-state index contributed by atoms with van der Waals surface area (Å²) in [5.74, 6) is 1.12. The van der Waals surface area contributed by atoms with Crippen molar-refractivity contribution in [3.05, 3.63) is 28.8 Å². The van der Waals surface area contributed by atoms with E-state index in [2.05, 4.69) is 13.8 Å². The minimum absolute atomic E-state index is 0.434. The Labute approximate surface area is 95.8 Å². The van der Waals surface area contributed by atoms with E-state index in [4.69, 9.17) is 16.3 Å². The van der Waals surface area contributed by atoms with Gasteiger partial charge in [0.1, 0.15) is 5.75 Å². The van der Waals surface area contributed by atoms with Crippen LogP contribution < -0.4 is 4.74 Å². The molecule has 0 bridgehead atoms. The number of ether oxygens (including phenoxy) is 1. The van der Waals surface area contributed by atoms with Crippen LogP contribution in [0.3, 0.4) is 0 Å². The summed E-state index contributed by atoms with van der Waals surface area (Å²) >= 11 is 5.89. The molecule has 0 aromatic heterocycles. The highest BCUT2D eigenvalue weighted by molar-refractivity contribution is 6.30. The second-order valence-corrected chi connectivity index (χ2v) is 4.47. The quantitative estimate of drug-likeness (QED) is 0.856. The second kappa shape index (κ2) is 5.38. The summed E-state index contributed by atoms with van der Waals surface area (Å²) in [7, 11) is 1.59. The van der Waals surface area contributed by atoms with Crippen LogP contribution in [0.4, 0.5) is 0 Å². The fourth-order valence-electron chi connectivity index (χ4n) is 1.54. The van der Waals surface area contributed by atoms with Gasteiger partial charge in [0, 0.05) is 10.6 Å². The van der Waals surface area contributed by atoms with Crippen molar-refractivity contribution in [2.45, 2.75) is 26.4 Å².